The fraction of sp³-hybridized carbons (Fsp3) is 0.147. The number of fused-ring (bicyclic) bond motifs is 6. The molecule has 10 aromatic rings. The summed E-state index contributed by atoms with van der Waals surface area (Å²) in [7, 11) is 0. The van der Waals surface area contributed by atoms with Crippen molar-refractivity contribution in [3.05, 3.63) is 264 Å². The largest absolute Gasteiger partial charge is 0.310 e. The highest BCUT2D eigenvalue weighted by molar-refractivity contribution is 5.97. The molecule has 2 heteroatoms. The molecule has 3 unspecified atom stereocenters. The van der Waals surface area contributed by atoms with Crippen molar-refractivity contribution < 1.29 is 0 Å². The fourth-order valence-corrected chi connectivity index (χ4v) is 14.0. The molecule has 1 saturated carbocycles. The van der Waals surface area contributed by atoms with Crippen LogP contribution >= 0.6 is 0 Å². The van der Waals surface area contributed by atoms with Crippen molar-refractivity contribution in [3.63, 3.8) is 0 Å². The van der Waals surface area contributed by atoms with Crippen LogP contribution in [0.1, 0.15) is 60.1 Å². The smallest absolute Gasteiger partial charge is 0.0505 e. The minimum absolute atomic E-state index is 0.169. The van der Waals surface area contributed by atoms with Crippen LogP contribution in [0.15, 0.2) is 231 Å². The van der Waals surface area contributed by atoms with Crippen molar-refractivity contribution in [3.8, 4) is 33.4 Å². The Hall–Kier alpha value is -7.94. The molecule has 2 nitrogen and oxygen atoms in total. The Morgan fingerprint density at radius 1 is 0.371 bits per heavy atom. The maximum absolute atomic E-state index is 2.64. The molecule has 336 valence electrons. The minimum Gasteiger partial charge on any atom is -0.310 e. The average molecular weight is 899 g/mol. The zero-order valence-electron chi connectivity index (χ0n) is 39.8. The first-order chi connectivity index (χ1) is 34.5. The molecular formula is C68H54N2. The number of anilines is 6. The second kappa shape index (κ2) is 15.8. The molecule has 70 heavy (non-hydrogen) atoms. The topological polar surface area (TPSA) is 6.48 Å². The van der Waals surface area contributed by atoms with E-state index in [9.17, 15) is 0 Å². The zero-order chi connectivity index (χ0) is 46.6. The molecule has 0 heterocycles. The van der Waals surface area contributed by atoms with E-state index in [4.69, 9.17) is 0 Å². The molecule has 0 aliphatic heterocycles. The molecule has 0 N–H and O–H groups in total. The van der Waals surface area contributed by atoms with Gasteiger partial charge in [-0.15, -0.1) is 0 Å². The summed E-state index contributed by atoms with van der Waals surface area (Å²) in [6, 6.07) is 86.8. The van der Waals surface area contributed by atoms with Gasteiger partial charge in [-0.1, -0.05) is 178 Å². The summed E-state index contributed by atoms with van der Waals surface area (Å²) in [6.07, 6.45) is 4.63. The highest BCUT2D eigenvalue weighted by Crippen LogP contribution is 2.69. The molecule has 0 amide bonds. The molecule has 0 radical (unpaired) electrons. The molecule has 3 atom stereocenters. The van der Waals surface area contributed by atoms with Crippen LogP contribution < -0.4 is 9.80 Å². The highest BCUT2D eigenvalue weighted by atomic mass is 15.2. The van der Waals surface area contributed by atoms with Gasteiger partial charge in [-0.25, -0.2) is 0 Å². The van der Waals surface area contributed by atoms with Crippen LogP contribution in [0.4, 0.5) is 34.1 Å². The lowest BCUT2D eigenvalue weighted by Crippen LogP contribution is -2.34. The van der Waals surface area contributed by atoms with Gasteiger partial charge in [0.2, 0.25) is 0 Å². The third-order valence-electron chi connectivity index (χ3n) is 16.9. The van der Waals surface area contributed by atoms with Crippen LogP contribution in [-0.4, -0.2) is 0 Å². The standard InChI is InChI=1S/C68H54N2/c1-67(2)60-29-15-14-28-58(60)64-59(47-19-6-3-7-20-47)43-57(44-61(64)67)70(55-26-10-5-11-27-55)63-31-17-23-51-42-53-37-36-52-41-50-22-16-30-62(65(50)68(52,53)66(51)63)69(54-24-8-4-9-25-54)56-38-34-46(35-39-56)49-33-32-45-18-12-13-21-48(45)40-49/h3-35,38-40,43-44,52-53H,36-37,41-42H2,1-2H3. The zero-order valence-corrected chi connectivity index (χ0v) is 39.8. The van der Waals surface area contributed by atoms with Crippen molar-refractivity contribution >= 4 is 44.9 Å². The lowest BCUT2D eigenvalue weighted by molar-refractivity contribution is 0.350. The average Bonchev–Trinajstić information content (AvgIpc) is 4.11. The molecule has 14 rings (SSSR count). The van der Waals surface area contributed by atoms with E-state index in [2.05, 4.69) is 254 Å². The van der Waals surface area contributed by atoms with Gasteiger partial charge in [0.25, 0.3) is 0 Å². The van der Waals surface area contributed by atoms with Gasteiger partial charge in [0.05, 0.1) is 11.4 Å². The van der Waals surface area contributed by atoms with Gasteiger partial charge in [0.15, 0.2) is 0 Å². The van der Waals surface area contributed by atoms with E-state index in [1.807, 2.05) is 0 Å². The van der Waals surface area contributed by atoms with Crippen LogP contribution in [-0.2, 0) is 23.7 Å². The first-order valence-electron chi connectivity index (χ1n) is 25.3. The van der Waals surface area contributed by atoms with Crippen LogP contribution in [0, 0.1) is 11.8 Å². The monoisotopic (exact) mass is 898 g/mol. The SMILES string of the molecule is CC1(C)c2ccccc2-c2c(-c3ccccc3)cc(N(c3ccccc3)c3cccc4c3C35c6c(cccc6N(c6ccccc6)c6ccc(-c7ccc8ccccc8c7)cc6)CC3CCC5C4)cc21. The van der Waals surface area contributed by atoms with E-state index >= 15 is 0 Å². The Kier molecular flexibility index (Phi) is 9.27. The van der Waals surface area contributed by atoms with Crippen molar-refractivity contribution in [2.24, 2.45) is 11.8 Å². The molecule has 0 aromatic heterocycles. The summed E-state index contributed by atoms with van der Waals surface area (Å²) in [5.41, 5.74) is 23.5. The van der Waals surface area contributed by atoms with Crippen molar-refractivity contribution in [2.75, 3.05) is 9.80 Å². The second-order valence-electron chi connectivity index (χ2n) is 20.8. The molecule has 1 fully saturated rings. The van der Waals surface area contributed by atoms with E-state index in [1.165, 1.54) is 124 Å². The van der Waals surface area contributed by atoms with E-state index in [0.29, 0.717) is 11.8 Å². The summed E-state index contributed by atoms with van der Waals surface area (Å²) in [6.45, 7) is 4.84. The Morgan fingerprint density at radius 2 is 0.900 bits per heavy atom. The molecule has 1 spiro atoms. The van der Waals surface area contributed by atoms with Crippen molar-refractivity contribution in [1.82, 2.24) is 0 Å². The predicted molar refractivity (Wildman–Crippen MR) is 293 cm³/mol. The van der Waals surface area contributed by atoms with Gasteiger partial charge in [-0.3, -0.25) is 0 Å². The lowest BCUT2D eigenvalue weighted by atomic mass is 9.68. The van der Waals surface area contributed by atoms with Gasteiger partial charge in [0.1, 0.15) is 0 Å². The van der Waals surface area contributed by atoms with Gasteiger partial charge in [-0.2, -0.15) is 0 Å². The van der Waals surface area contributed by atoms with Gasteiger partial charge < -0.3 is 9.80 Å². The number of benzene rings is 10. The van der Waals surface area contributed by atoms with Crippen LogP contribution in [0.5, 0.6) is 0 Å². The Labute approximate surface area is 412 Å². The maximum Gasteiger partial charge on any atom is 0.0505 e. The van der Waals surface area contributed by atoms with Gasteiger partial charge in [0, 0.05) is 33.6 Å². The number of hydrogen-bond donors (Lipinski definition) is 0. The summed E-state index contributed by atoms with van der Waals surface area (Å²) >= 11 is 0. The third-order valence-corrected chi connectivity index (χ3v) is 16.9. The number of rotatable bonds is 8. The molecule has 4 aliphatic rings. The lowest BCUT2D eigenvalue weighted by Gasteiger charge is -2.40. The predicted octanol–water partition coefficient (Wildman–Crippen LogP) is 17.8. The maximum atomic E-state index is 2.64. The Morgan fingerprint density at radius 3 is 1.54 bits per heavy atom. The number of hydrogen-bond acceptors (Lipinski definition) is 2. The third kappa shape index (κ3) is 6.05. The molecule has 0 saturated heterocycles. The summed E-state index contributed by atoms with van der Waals surface area (Å²) in [5, 5.41) is 2.53. The van der Waals surface area contributed by atoms with E-state index in [0.717, 1.165) is 12.8 Å². The van der Waals surface area contributed by atoms with Crippen LogP contribution in [0.2, 0.25) is 0 Å². The van der Waals surface area contributed by atoms with E-state index in [-0.39, 0.29) is 10.8 Å². The molecule has 4 aliphatic carbocycles. The van der Waals surface area contributed by atoms with Crippen LogP contribution in [0.25, 0.3) is 44.2 Å². The first kappa shape index (κ1) is 41.1. The fourth-order valence-electron chi connectivity index (χ4n) is 14.0. The second-order valence-corrected chi connectivity index (χ2v) is 20.8. The Bertz CT molecular complexity index is 3640. The quantitative estimate of drug-likeness (QED) is 0.150. The first-order valence-corrected chi connectivity index (χ1v) is 25.3. The molecule has 0 bridgehead atoms. The van der Waals surface area contributed by atoms with Gasteiger partial charge in [-0.05, 0) is 182 Å². The number of para-hydroxylation sites is 2. The van der Waals surface area contributed by atoms with Crippen molar-refractivity contribution in [2.45, 2.75) is 50.4 Å². The summed E-state index contributed by atoms with van der Waals surface area (Å²) in [4.78, 5) is 5.20. The molecular weight excluding hydrogens is 845 g/mol. The summed E-state index contributed by atoms with van der Waals surface area (Å²) < 4.78 is 0. The van der Waals surface area contributed by atoms with Crippen LogP contribution in [0.3, 0.4) is 0 Å². The Balaban J connectivity index is 0.978. The van der Waals surface area contributed by atoms with Crippen molar-refractivity contribution in [1.29, 1.82) is 0 Å². The highest BCUT2D eigenvalue weighted by Gasteiger charge is 2.62. The van der Waals surface area contributed by atoms with E-state index < -0.39 is 0 Å². The normalized spacial score (nSPS) is 18.7. The van der Waals surface area contributed by atoms with E-state index in [1.54, 1.807) is 0 Å². The minimum atomic E-state index is -0.180. The summed E-state index contributed by atoms with van der Waals surface area (Å²) in [5.74, 6) is 0.991. The van der Waals surface area contributed by atoms with Gasteiger partial charge >= 0.3 is 0 Å². The molecule has 10 aromatic carbocycles. The number of nitrogens with zero attached hydrogens (tertiary/aromatic N) is 2.